The molecule has 1 amide bonds. The highest BCUT2D eigenvalue weighted by molar-refractivity contribution is 5.86. The van der Waals surface area contributed by atoms with Crippen molar-refractivity contribution in [2.45, 2.75) is 38.4 Å². The molecular formula is C24H31N3O5. The van der Waals surface area contributed by atoms with Crippen LogP contribution in [0, 0.1) is 19.8 Å². The van der Waals surface area contributed by atoms with E-state index >= 15 is 0 Å². The first-order valence-corrected chi connectivity index (χ1v) is 10.8. The van der Waals surface area contributed by atoms with E-state index < -0.39 is 6.04 Å². The molecule has 2 heterocycles. The van der Waals surface area contributed by atoms with Gasteiger partial charge in [0.05, 0.1) is 19.2 Å². The van der Waals surface area contributed by atoms with E-state index in [9.17, 15) is 15.0 Å². The number of hydrogen-bond donors (Lipinski definition) is 4. The maximum atomic E-state index is 13.4. The number of aryl methyl sites for hydroxylation is 2. The number of hydrogen-bond acceptors (Lipinski definition) is 7. The van der Waals surface area contributed by atoms with E-state index in [2.05, 4.69) is 10.9 Å². The summed E-state index contributed by atoms with van der Waals surface area (Å²) in [7, 11) is 3.15. The van der Waals surface area contributed by atoms with Crippen molar-refractivity contribution in [3.8, 4) is 17.2 Å². The number of fused-ring (bicyclic) bond motifs is 1. The first-order valence-electron chi connectivity index (χ1n) is 10.8. The fourth-order valence-electron chi connectivity index (χ4n) is 5.10. The molecule has 0 aromatic heterocycles. The Bertz CT molecular complexity index is 1010. The van der Waals surface area contributed by atoms with E-state index in [1.807, 2.05) is 36.9 Å². The van der Waals surface area contributed by atoms with Gasteiger partial charge in [-0.25, -0.2) is 10.9 Å². The van der Waals surface area contributed by atoms with Crippen LogP contribution < -0.4 is 15.6 Å². The predicted molar refractivity (Wildman–Crippen MR) is 119 cm³/mol. The summed E-state index contributed by atoms with van der Waals surface area (Å²) < 4.78 is 10.5. The van der Waals surface area contributed by atoms with E-state index in [-0.39, 0.29) is 35.4 Å². The number of methoxy groups -OCH3 is 2. The fraction of sp³-hybridized carbons (Fsp3) is 0.458. The Morgan fingerprint density at radius 1 is 1.06 bits per heavy atom. The number of ether oxygens (including phenoxy) is 2. The zero-order valence-corrected chi connectivity index (χ0v) is 18.9. The maximum absolute atomic E-state index is 13.4. The van der Waals surface area contributed by atoms with Crippen LogP contribution >= 0.6 is 0 Å². The van der Waals surface area contributed by atoms with Crippen LogP contribution in [-0.4, -0.2) is 54.4 Å². The molecule has 2 fully saturated rings. The standard InChI is InChI=1S/C24H31N3O5/c1-13-10-14(2)23(29)16(11-13)20-19-21(26-25-20)24(30)27(8-5-9-31-3)22(19)15-6-7-17(28)18(12-15)32-4/h6-7,10-12,19-22,25-26,28-29H,5,8-9H2,1-4H3. The minimum Gasteiger partial charge on any atom is -0.507 e. The number of amides is 1. The Morgan fingerprint density at radius 2 is 1.81 bits per heavy atom. The number of phenols is 2. The number of carbonyl (C=O) groups is 1. The molecule has 0 radical (unpaired) electrons. The average Bonchev–Trinajstić information content (AvgIpc) is 3.31. The summed E-state index contributed by atoms with van der Waals surface area (Å²) in [5.74, 6) is 0.477. The topological polar surface area (TPSA) is 103 Å². The zero-order chi connectivity index (χ0) is 23.0. The van der Waals surface area contributed by atoms with Gasteiger partial charge in [-0.2, -0.15) is 0 Å². The first kappa shape index (κ1) is 22.4. The van der Waals surface area contributed by atoms with Gasteiger partial charge in [-0.15, -0.1) is 0 Å². The molecule has 2 aliphatic rings. The van der Waals surface area contributed by atoms with Crippen molar-refractivity contribution in [3.63, 3.8) is 0 Å². The molecule has 8 nitrogen and oxygen atoms in total. The molecule has 0 spiro atoms. The summed E-state index contributed by atoms with van der Waals surface area (Å²) in [5, 5.41) is 21.0. The van der Waals surface area contributed by atoms with Gasteiger partial charge in [0.2, 0.25) is 5.91 Å². The van der Waals surface area contributed by atoms with Crippen LogP contribution in [0.5, 0.6) is 17.2 Å². The molecule has 32 heavy (non-hydrogen) atoms. The number of aromatic hydroxyl groups is 2. The van der Waals surface area contributed by atoms with Crippen LogP contribution in [0.2, 0.25) is 0 Å². The second kappa shape index (κ2) is 8.97. The predicted octanol–water partition coefficient (Wildman–Crippen LogP) is 2.48. The summed E-state index contributed by atoms with van der Waals surface area (Å²) in [4.78, 5) is 15.3. The Balaban J connectivity index is 1.79. The molecule has 4 N–H and O–H groups in total. The monoisotopic (exact) mass is 441 g/mol. The number of rotatable bonds is 7. The van der Waals surface area contributed by atoms with Gasteiger partial charge in [0.1, 0.15) is 11.8 Å². The van der Waals surface area contributed by atoms with E-state index in [0.717, 1.165) is 22.3 Å². The van der Waals surface area contributed by atoms with Crippen molar-refractivity contribution in [1.82, 2.24) is 15.8 Å². The van der Waals surface area contributed by atoms with Gasteiger partial charge < -0.3 is 24.6 Å². The molecule has 0 bridgehead atoms. The van der Waals surface area contributed by atoms with Gasteiger partial charge in [-0.3, -0.25) is 4.79 Å². The normalized spacial score (nSPS) is 24.8. The van der Waals surface area contributed by atoms with Gasteiger partial charge in [0, 0.05) is 31.7 Å². The number of nitrogens with one attached hydrogen (secondary N) is 2. The van der Waals surface area contributed by atoms with Gasteiger partial charge in [0.15, 0.2) is 11.5 Å². The molecule has 172 valence electrons. The zero-order valence-electron chi connectivity index (χ0n) is 18.9. The van der Waals surface area contributed by atoms with Crippen LogP contribution in [0.15, 0.2) is 30.3 Å². The minimum absolute atomic E-state index is 0.00186. The summed E-state index contributed by atoms with van der Waals surface area (Å²) >= 11 is 0. The summed E-state index contributed by atoms with van der Waals surface area (Å²) in [6.45, 7) is 4.97. The van der Waals surface area contributed by atoms with Crippen molar-refractivity contribution in [1.29, 1.82) is 0 Å². The van der Waals surface area contributed by atoms with Gasteiger partial charge in [0.25, 0.3) is 0 Å². The highest BCUT2D eigenvalue weighted by Gasteiger charge is 2.55. The third kappa shape index (κ3) is 3.79. The third-order valence-corrected chi connectivity index (χ3v) is 6.52. The van der Waals surface area contributed by atoms with Crippen LogP contribution in [0.25, 0.3) is 0 Å². The minimum atomic E-state index is -0.437. The van der Waals surface area contributed by atoms with Crippen LogP contribution in [-0.2, 0) is 9.53 Å². The lowest BCUT2D eigenvalue weighted by molar-refractivity contribution is -0.131. The second-order valence-corrected chi connectivity index (χ2v) is 8.60. The molecular weight excluding hydrogens is 410 g/mol. The quantitative estimate of drug-likeness (QED) is 0.490. The fourth-order valence-corrected chi connectivity index (χ4v) is 5.10. The first-order chi connectivity index (χ1) is 15.4. The number of phenolic OH excluding ortho intramolecular Hbond substituents is 2. The number of hydrazine groups is 1. The summed E-state index contributed by atoms with van der Waals surface area (Å²) in [5.41, 5.74) is 9.93. The largest absolute Gasteiger partial charge is 0.507 e. The lowest BCUT2D eigenvalue weighted by Gasteiger charge is -2.32. The van der Waals surface area contributed by atoms with E-state index in [0.29, 0.717) is 25.3 Å². The molecule has 4 rings (SSSR count). The lowest BCUT2D eigenvalue weighted by Crippen LogP contribution is -2.41. The summed E-state index contributed by atoms with van der Waals surface area (Å²) in [6, 6.07) is 8.14. The van der Waals surface area contributed by atoms with Crippen LogP contribution in [0.3, 0.4) is 0 Å². The molecule has 8 heteroatoms. The van der Waals surface area contributed by atoms with E-state index in [1.165, 1.54) is 7.11 Å². The molecule has 2 saturated heterocycles. The Kier molecular flexibility index (Phi) is 6.28. The molecule has 4 atom stereocenters. The van der Waals surface area contributed by atoms with Gasteiger partial charge >= 0.3 is 0 Å². The van der Waals surface area contributed by atoms with Crippen molar-refractivity contribution in [3.05, 3.63) is 52.6 Å². The third-order valence-electron chi connectivity index (χ3n) is 6.52. The number of nitrogens with zero attached hydrogens (tertiary/aromatic N) is 1. The van der Waals surface area contributed by atoms with Crippen LogP contribution in [0.1, 0.15) is 40.8 Å². The van der Waals surface area contributed by atoms with Crippen molar-refractivity contribution in [2.24, 2.45) is 5.92 Å². The van der Waals surface area contributed by atoms with Gasteiger partial charge in [-0.1, -0.05) is 23.8 Å². The smallest absolute Gasteiger partial charge is 0.242 e. The highest BCUT2D eigenvalue weighted by Crippen LogP contribution is 2.50. The summed E-state index contributed by atoms with van der Waals surface area (Å²) in [6.07, 6.45) is 0.709. The molecule has 4 unspecified atom stereocenters. The number of carbonyl (C=O) groups excluding carboxylic acids is 1. The molecule has 2 aromatic carbocycles. The van der Waals surface area contributed by atoms with Crippen molar-refractivity contribution < 1.29 is 24.5 Å². The Morgan fingerprint density at radius 3 is 2.53 bits per heavy atom. The second-order valence-electron chi connectivity index (χ2n) is 8.60. The maximum Gasteiger partial charge on any atom is 0.242 e. The van der Waals surface area contributed by atoms with Crippen molar-refractivity contribution >= 4 is 5.91 Å². The molecule has 0 saturated carbocycles. The lowest BCUT2D eigenvalue weighted by atomic mass is 9.82. The molecule has 0 aliphatic carbocycles. The van der Waals surface area contributed by atoms with Gasteiger partial charge in [-0.05, 0) is 43.5 Å². The highest BCUT2D eigenvalue weighted by atomic mass is 16.5. The Hall–Kier alpha value is -2.81. The van der Waals surface area contributed by atoms with E-state index in [1.54, 1.807) is 19.2 Å². The Labute approximate surface area is 188 Å². The number of benzene rings is 2. The molecule has 2 aromatic rings. The average molecular weight is 442 g/mol. The van der Waals surface area contributed by atoms with Crippen LogP contribution in [0.4, 0.5) is 0 Å². The SMILES string of the molecule is COCCCN1C(=O)C2NNC(c3cc(C)cc(C)c3O)C2C1c1ccc(O)c(OC)c1. The molecule has 2 aliphatic heterocycles. The number of likely N-dealkylation sites (tertiary alicyclic amines) is 1. The van der Waals surface area contributed by atoms with Crippen molar-refractivity contribution in [2.75, 3.05) is 27.4 Å². The van der Waals surface area contributed by atoms with E-state index in [4.69, 9.17) is 9.47 Å².